The molecule has 31 heavy (non-hydrogen) atoms. The van der Waals surface area contributed by atoms with Crippen molar-refractivity contribution >= 4 is 52.3 Å². The minimum atomic E-state index is -0.569. The molecule has 0 bridgehead atoms. The van der Waals surface area contributed by atoms with Gasteiger partial charge in [0, 0.05) is 22.7 Å². The first-order chi connectivity index (χ1) is 15.0. The smallest absolute Gasteiger partial charge is 0.234 e. The molecule has 4 rings (SSSR count). The number of nitrogens with one attached hydrogen (secondary N) is 2. The van der Waals surface area contributed by atoms with Gasteiger partial charge in [-0.05, 0) is 43.2 Å². The van der Waals surface area contributed by atoms with Crippen LogP contribution in [-0.4, -0.2) is 17.4 Å². The average Bonchev–Trinajstić information content (AvgIpc) is 3.28. The maximum absolute atomic E-state index is 12.7. The Morgan fingerprint density at radius 3 is 2.87 bits per heavy atom. The lowest BCUT2D eigenvalue weighted by Crippen LogP contribution is -2.31. The number of hydrogen-bond acceptors (Lipinski definition) is 6. The average molecular weight is 474 g/mol. The normalized spacial score (nSPS) is 18.4. The Morgan fingerprint density at radius 1 is 1.32 bits per heavy atom. The third-order valence-corrected chi connectivity index (χ3v) is 6.61. The van der Waals surface area contributed by atoms with E-state index in [0.717, 1.165) is 12.1 Å². The number of benzene rings is 1. The summed E-state index contributed by atoms with van der Waals surface area (Å²) in [6.07, 6.45) is 3.41. The molecule has 0 unspecified atom stereocenters. The second-order valence-corrected chi connectivity index (χ2v) is 8.89. The summed E-state index contributed by atoms with van der Waals surface area (Å²) < 4.78 is 5.56. The number of halogens is 2. The molecule has 9 heteroatoms. The molecule has 0 spiro atoms. The highest BCUT2D eigenvalue weighted by atomic mass is 35.5. The van der Waals surface area contributed by atoms with Crippen molar-refractivity contribution in [3.05, 3.63) is 74.3 Å². The van der Waals surface area contributed by atoms with Gasteiger partial charge in [0.15, 0.2) is 5.78 Å². The van der Waals surface area contributed by atoms with Crippen LogP contribution in [0.3, 0.4) is 0 Å². The minimum Gasteiger partial charge on any atom is -0.468 e. The first-order valence-corrected chi connectivity index (χ1v) is 11.3. The second kappa shape index (κ2) is 9.23. The van der Waals surface area contributed by atoms with E-state index in [9.17, 15) is 14.9 Å². The molecule has 1 amide bonds. The van der Waals surface area contributed by atoms with E-state index in [-0.39, 0.29) is 17.4 Å². The van der Waals surface area contributed by atoms with Gasteiger partial charge < -0.3 is 15.1 Å². The second-order valence-electron chi connectivity index (χ2n) is 7.06. The molecule has 0 fully saturated rings. The van der Waals surface area contributed by atoms with Crippen molar-refractivity contribution < 1.29 is 14.0 Å². The number of anilines is 1. The highest BCUT2D eigenvalue weighted by Gasteiger charge is 2.38. The summed E-state index contributed by atoms with van der Waals surface area (Å²) in [6, 6.07) is 10.5. The number of rotatable bonds is 5. The molecule has 2 aliphatic rings. The molecule has 0 saturated heterocycles. The van der Waals surface area contributed by atoms with E-state index >= 15 is 0 Å². The monoisotopic (exact) mass is 473 g/mol. The van der Waals surface area contributed by atoms with Gasteiger partial charge in [-0.15, -0.1) is 0 Å². The number of nitriles is 1. The fourth-order valence-electron chi connectivity index (χ4n) is 3.69. The molecule has 6 nitrogen and oxygen atoms in total. The number of carbonyl (C=O) groups is 2. The predicted octanol–water partition coefficient (Wildman–Crippen LogP) is 5.39. The Morgan fingerprint density at radius 2 is 2.16 bits per heavy atom. The molecule has 1 aromatic heterocycles. The van der Waals surface area contributed by atoms with Crippen LogP contribution in [0.2, 0.25) is 10.0 Å². The summed E-state index contributed by atoms with van der Waals surface area (Å²) >= 11 is 13.2. The van der Waals surface area contributed by atoms with Crippen LogP contribution in [0, 0.1) is 11.3 Å². The van der Waals surface area contributed by atoms with Crippen LogP contribution >= 0.6 is 35.0 Å². The topological polar surface area (TPSA) is 95.1 Å². The van der Waals surface area contributed by atoms with Crippen LogP contribution in [-0.2, 0) is 9.59 Å². The third-order valence-electron chi connectivity index (χ3n) is 5.04. The molecular formula is C22H17Cl2N3O3S. The number of hydrogen-bond donors (Lipinski definition) is 2. The first kappa shape index (κ1) is 21.6. The molecular weight excluding hydrogens is 457 g/mol. The van der Waals surface area contributed by atoms with Crippen molar-refractivity contribution in [1.29, 1.82) is 5.26 Å². The van der Waals surface area contributed by atoms with Gasteiger partial charge in [-0.2, -0.15) is 5.26 Å². The Kier molecular flexibility index (Phi) is 6.42. The molecule has 1 aromatic carbocycles. The van der Waals surface area contributed by atoms with E-state index in [1.54, 1.807) is 30.3 Å². The van der Waals surface area contributed by atoms with Gasteiger partial charge in [-0.3, -0.25) is 9.59 Å². The maximum Gasteiger partial charge on any atom is 0.234 e. The minimum absolute atomic E-state index is 0.0158. The van der Waals surface area contributed by atoms with E-state index in [4.69, 9.17) is 27.6 Å². The molecule has 1 aliphatic heterocycles. The maximum atomic E-state index is 12.7. The fourth-order valence-corrected chi connectivity index (χ4v) is 5.01. The SMILES string of the molecule is N#CC1=C(SCC(=O)Nc2ccc(Cl)cc2Cl)NC2=C(C(=O)CCC2)[C@@H]1c1ccco1. The van der Waals surface area contributed by atoms with E-state index in [2.05, 4.69) is 16.7 Å². The fraction of sp³-hybridized carbons (Fsp3) is 0.227. The zero-order valence-corrected chi connectivity index (χ0v) is 18.5. The van der Waals surface area contributed by atoms with Gasteiger partial charge in [0.1, 0.15) is 5.76 Å². The summed E-state index contributed by atoms with van der Waals surface area (Å²) in [4.78, 5) is 25.2. The predicted molar refractivity (Wildman–Crippen MR) is 121 cm³/mol. The summed E-state index contributed by atoms with van der Waals surface area (Å²) in [5.74, 6) is -0.248. The van der Waals surface area contributed by atoms with Crippen LogP contribution in [0.15, 0.2) is 62.9 Å². The molecule has 0 radical (unpaired) electrons. The largest absolute Gasteiger partial charge is 0.468 e. The number of allylic oxidation sites excluding steroid dienone is 3. The van der Waals surface area contributed by atoms with Crippen molar-refractivity contribution in [2.24, 2.45) is 0 Å². The van der Waals surface area contributed by atoms with Crippen molar-refractivity contribution in [3.63, 3.8) is 0 Å². The summed E-state index contributed by atoms with van der Waals surface area (Å²) in [5.41, 5.74) is 2.20. The van der Waals surface area contributed by atoms with Crippen LogP contribution in [0.4, 0.5) is 5.69 Å². The number of carbonyl (C=O) groups excluding carboxylic acids is 2. The number of furan rings is 1. The first-order valence-electron chi connectivity index (χ1n) is 9.56. The molecule has 0 saturated carbocycles. The molecule has 1 atom stereocenters. The van der Waals surface area contributed by atoms with Gasteiger partial charge in [0.2, 0.25) is 5.91 Å². The van der Waals surface area contributed by atoms with Crippen LogP contribution in [0.25, 0.3) is 0 Å². The van der Waals surface area contributed by atoms with E-state index in [0.29, 0.717) is 50.5 Å². The molecule has 158 valence electrons. The lowest BCUT2D eigenvalue weighted by Gasteiger charge is -2.32. The van der Waals surface area contributed by atoms with Crippen molar-refractivity contribution in [2.75, 3.05) is 11.1 Å². The van der Waals surface area contributed by atoms with Gasteiger partial charge >= 0.3 is 0 Å². The highest BCUT2D eigenvalue weighted by Crippen LogP contribution is 2.44. The number of Topliss-reactive ketones (excluding diaryl/α,β-unsaturated/α-hetero) is 1. The van der Waals surface area contributed by atoms with Gasteiger partial charge in [0.05, 0.1) is 45.3 Å². The Labute approximate surface area is 193 Å². The highest BCUT2D eigenvalue weighted by molar-refractivity contribution is 8.03. The Hall–Kier alpha value is -2.66. The number of thioether (sulfide) groups is 1. The number of amides is 1. The summed E-state index contributed by atoms with van der Waals surface area (Å²) in [6.45, 7) is 0. The quantitative estimate of drug-likeness (QED) is 0.604. The Balaban J connectivity index is 1.57. The standard InChI is InChI=1S/C22H17Cl2N3O3S/c23-12-6-7-15(14(24)9-12)26-19(29)11-31-22-13(10-25)20(18-5-2-8-30-18)21-16(27-22)3-1-4-17(21)28/h2,5-9,20,27H,1,3-4,11H2,(H,26,29)/t20-/m0/s1. The van der Waals surface area contributed by atoms with Crippen molar-refractivity contribution in [2.45, 2.75) is 25.2 Å². The molecule has 2 aromatic rings. The lowest BCUT2D eigenvalue weighted by molar-refractivity contribution is -0.116. The summed E-state index contributed by atoms with van der Waals surface area (Å²) in [7, 11) is 0. The van der Waals surface area contributed by atoms with E-state index in [1.807, 2.05) is 0 Å². The Bertz CT molecular complexity index is 1150. The third kappa shape index (κ3) is 4.52. The molecule has 1 aliphatic carbocycles. The van der Waals surface area contributed by atoms with Crippen molar-refractivity contribution in [3.8, 4) is 6.07 Å². The van der Waals surface area contributed by atoms with Crippen LogP contribution < -0.4 is 10.6 Å². The lowest BCUT2D eigenvalue weighted by atomic mass is 9.79. The van der Waals surface area contributed by atoms with Gasteiger partial charge in [-0.25, -0.2) is 0 Å². The van der Waals surface area contributed by atoms with E-state index in [1.165, 1.54) is 18.0 Å². The molecule has 2 N–H and O–H groups in total. The van der Waals surface area contributed by atoms with Gasteiger partial charge in [-0.1, -0.05) is 35.0 Å². The van der Waals surface area contributed by atoms with Gasteiger partial charge in [0.25, 0.3) is 0 Å². The van der Waals surface area contributed by atoms with Crippen LogP contribution in [0.5, 0.6) is 0 Å². The zero-order chi connectivity index (χ0) is 22.0. The zero-order valence-electron chi connectivity index (χ0n) is 16.2. The van der Waals surface area contributed by atoms with Crippen molar-refractivity contribution in [1.82, 2.24) is 5.32 Å². The number of nitrogens with zero attached hydrogens (tertiary/aromatic N) is 1. The number of ketones is 1. The van der Waals surface area contributed by atoms with Crippen LogP contribution in [0.1, 0.15) is 30.9 Å². The van der Waals surface area contributed by atoms with E-state index < -0.39 is 5.92 Å². The number of dihydropyridines is 1. The molecule has 2 heterocycles. The summed E-state index contributed by atoms with van der Waals surface area (Å²) in [5, 5.41) is 17.2.